The minimum Gasteiger partial charge on any atom is -0.495 e. The number of hydrogen-bond acceptors (Lipinski definition) is 3. The molecule has 0 atom stereocenters. The first-order valence-corrected chi connectivity index (χ1v) is 7.52. The van der Waals surface area contributed by atoms with Crippen LogP contribution in [0.2, 0.25) is 5.04 Å². The Kier molecular flexibility index (Phi) is 4.45. The minimum absolute atomic E-state index is 0.287. The molecular formula is C14H25NO2Si. The Morgan fingerprint density at radius 2 is 1.72 bits per heavy atom. The lowest BCUT2D eigenvalue weighted by atomic mass is 9.98. The van der Waals surface area contributed by atoms with Gasteiger partial charge in [-0.3, -0.25) is 0 Å². The largest absolute Gasteiger partial charge is 0.495 e. The molecule has 3 nitrogen and oxygen atoms in total. The van der Waals surface area contributed by atoms with Gasteiger partial charge in [-0.2, -0.15) is 0 Å². The number of nitrogen functional groups attached to an aromatic ring is 1. The average Bonchev–Trinajstić information content (AvgIpc) is 2.26. The quantitative estimate of drug-likeness (QED) is 0.674. The van der Waals surface area contributed by atoms with Crippen molar-refractivity contribution in [3.05, 3.63) is 23.8 Å². The maximum Gasteiger partial charge on any atom is 0.168 e. The highest BCUT2D eigenvalue weighted by Crippen LogP contribution is 2.33. The first kappa shape index (κ1) is 15.1. The summed E-state index contributed by atoms with van der Waals surface area (Å²) in [7, 11) is 1.03. The van der Waals surface area contributed by atoms with Gasteiger partial charge in [-0.1, -0.05) is 26.8 Å². The van der Waals surface area contributed by atoms with Crippen LogP contribution in [0.4, 0.5) is 5.69 Å². The molecule has 0 bridgehead atoms. The van der Waals surface area contributed by atoms with Crippen molar-refractivity contribution in [2.24, 2.45) is 0 Å². The van der Waals surface area contributed by atoms with Gasteiger partial charge in [0.05, 0.1) is 18.4 Å². The summed E-state index contributed by atoms with van der Waals surface area (Å²) in [4.78, 5) is 0. The normalized spacial score (nSPS) is 13.2. The fraction of sp³-hybridized carbons (Fsp3) is 0.571. The zero-order valence-corrected chi connectivity index (χ0v) is 13.7. The summed E-state index contributed by atoms with van der Waals surface area (Å²) in [5, 5.41) is 0.287. The van der Waals surface area contributed by atoms with Crippen LogP contribution in [-0.2, 0) is 10.0 Å². The van der Waals surface area contributed by atoms with Crippen molar-refractivity contribution in [2.45, 2.75) is 45.3 Å². The van der Waals surface area contributed by atoms with Gasteiger partial charge in [0.15, 0.2) is 9.76 Å². The molecule has 0 heterocycles. The number of ether oxygens (including phenoxy) is 1. The molecular weight excluding hydrogens is 242 g/mol. The standard InChI is InChI=1S/C14H25NO2Si/c1-13(2,3)18-17-14(4,5)10-7-8-11(15)12(9-10)16-6/h7-9H,15,18H2,1-6H3. The third kappa shape index (κ3) is 4.03. The predicted octanol–water partition coefficient (Wildman–Crippen LogP) is 2.83. The Morgan fingerprint density at radius 1 is 1.11 bits per heavy atom. The molecule has 1 rings (SSSR count). The molecule has 0 aromatic heterocycles. The fourth-order valence-electron chi connectivity index (χ4n) is 1.57. The average molecular weight is 267 g/mol. The second-order valence-electron chi connectivity index (χ2n) is 6.32. The van der Waals surface area contributed by atoms with Crippen LogP contribution in [0, 0.1) is 0 Å². The highest BCUT2D eigenvalue weighted by molar-refractivity contribution is 6.31. The molecule has 0 spiro atoms. The zero-order valence-electron chi connectivity index (χ0n) is 12.3. The summed E-state index contributed by atoms with van der Waals surface area (Å²) in [5.74, 6) is 0.710. The van der Waals surface area contributed by atoms with Crippen molar-refractivity contribution >= 4 is 15.5 Å². The monoisotopic (exact) mass is 267 g/mol. The first-order chi connectivity index (χ1) is 8.15. The third-order valence-electron chi connectivity index (χ3n) is 2.79. The van der Waals surface area contributed by atoms with Crippen molar-refractivity contribution in [2.75, 3.05) is 12.8 Å². The van der Waals surface area contributed by atoms with E-state index in [0.717, 1.165) is 5.56 Å². The highest BCUT2D eigenvalue weighted by Gasteiger charge is 2.25. The number of nitrogens with two attached hydrogens (primary N) is 1. The lowest BCUT2D eigenvalue weighted by molar-refractivity contribution is 0.109. The van der Waals surface area contributed by atoms with E-state index in [1.807, 2.05) is 18.2 Å². The van der Waals surface area contributed by atoms with Gasteiger partial charge < -0.3 is 14.9 Å². The second kappa shape index (κ2) is 5.32. The van der Waals surface area contributed by atoms with E-state index in [1.54, 1.807) is 7.11 Å². The Hall–Kier alpha value is -1.00. The smallest absolute Gasteiger partial charge is 0.168 e. The Labute approximate surface area is 113 Å². The van der Waals surface area contributed by atoms with Gasteiger partial charge in [0.1, 0.15) is 5.75 Å². The van der Waals surface area contributed by atoms with Crippen LogP contribution in [0.15, 0.2) is 18.2 Å². The van der Waals surface area contributed by atoms with Gasteiger partial charge >= 0.3 is 0 Å². The van der Waals surface area contributed by atoms with E-state index in [2.05, 4.69) is 34.6 Å². The number of methoxy groups -OCH3 is 1. The third-order valence-corrected chi connectivity index (χ3v) is 4.53. The van der Waals surface area contributed by atoms with Gasteiger partial charge in [-0.25, -0.2) is 0 Å². The number of hydrogen-bond donors (Lipinski definition) is 1. The summed E-state index contributed by atoms with van der Waals surface area (Å²) in [6.45, 7) is 10.9. The molecule has 0 radical (unpaired) electrons. The van der Waals surface area contributed by atoms with E-state index >= 15 is 0 Å². The molecule has 0 aliphatic carbocycles. The van der Waals surface area contributed by atoms with Crippen LogP contribution in [0.5, 0.6) is 5.75 Å². The summed E-state index contributed by atoms with van der Waals surface area (Å²) in [5.41, 5.74) is 7.30. The SMILES string of the molecule is COc1cc(C(C)(C)O[SiH2]C(C)(C)C)ccc1N. The number of benzene rings is 1. The van der Waals surface area contributed by atoms with Crippen LogP contribution in [-0.4, -0.2) is 16.9 Å². The molecule has 0 fully saturated rings. The fourth-order valence-corrected chi connectivity index (χ4v) is 2.53. The molecule has 0 saturated heterocycles. The molecule has 0 amide bonds. The molecule has 0 unspecified atom stereocenters. The molecule has 2 N–H and O–H groups in total. The Balaban J connectivity index is 2.90. The van der Waals surface area contributed by atoms with Gasteiger partial charge in [-0.05, 0) is 36.6 Å². The van der Waals surface area contributed by atoms with E-state index in [-0.39, 0.29) is 10.6 Å². The van der Waals surface area contributed by atoms with Gasteiger partial charge in [0.25, 0.3) is 0 Å². The van der Waals surface area contributed by atoms with Crippen molar-refractivity contribution in [1.82, 2.24) is 0 Å². The molecule has 4 heteroatoms. The maximum absolute atomic E-state index is 6.16. The lowest BCUT2D eigenvalue weighted by Crippen LogP contribution is -2.27. The molecule has 102 valence electrons. The molecule has 0 aliphatic rings. The Morgan fingerprint density at radius 3 is 2.22 bits per heavy atom. The van der Waals surface area contributed by atoms with Crippen LogP contribution in [0.3, 0.4) is 0 Å². The molecule has 0 aliphatic heterocycles. The topological polar surface area (TPSA) is 44.5 Å². The van der Waals surface area contributed by atoms with E-state index in [9.17, 15) is 0 Å². The van der Waals surface area contributed by atoms with Crippen molar-refractivity contribution in [3.63, 3.8) is 0 Å². The summed E-state index contributed by atoms with van der Waals surface area (Å²) in [6, 6.07) is 5.85. The van der Waals surface area contributed by atoms with Crippen molar-refractivity contribution < 1.29 is 9.16 Å². The maximum atomic E-state index is 6.16. The van der Waals surface area contributed by atoms with E-state index in [0.29, 0.717) is 11.4 Å². The molecule has 1 aromatic carbocycles. The summed E-state index contributed by atoms with van der Waals surface area (Å²) < 4.78 is 11.4. The van der Waals surface area contributed by atoms with Crippen LogP contribution in [0.25, 0.3) is 0 Å². The van der Waals surface area contributed by atoms with Crippen LogP contribution < -0.4 is 10.5 Å². The van der Waals surface area contributed by atoms with E-state index in [4.69, 9.17) is 14.9 Å². The van der Waals surface area contributed by atoms with Gasteiger partial charge in [0.2, 0.25) is 0 Å². The minimum atomic E-state index is -0.599. The predicted molar refractivity (Wildman–Crippen MR) is 79.8 cm³/mol. The summed E-state index contributed by atoms with van der Waals surface area (Å²) >= 11 is 0. The van der Waals surface area contributed by atoms with Gasteiger partial charge in [-0.15, -0.1) is 0 Å². The zero-order chi connectivity index (χ0) is 14.0. The van der Waals surface area contributed by atoms with Gasteiger partial charge in [0, 0.05) is 0 Å². The molecule has 0 saturated carbocycles. The van der Waals surface area contributed by atoms with E-state index < -0.39 is 9.76 Å². The highest BCUT2D eigenvalue weighted by atomic mass is 28.2. The lowest BCUT2D eigenvalue weighted by Gasteiger charge is -2.30. The second-order valence-corrected chi connectivity index (χ2v) is 9.02. The van der Waals surface area contributed by atoms with Crippen molar-refractivity contribution in [3.8, 4) is 5.75 Å². The molecule has 18 heavy (non-hydrogen) atoms. The Bertz CT molecular complexity index is 411. The van der Waals surface area contributed by atoms with Crippen LogP contribution in [0.1, 0.15) is 40.2 Å². The first-order valence-electron chi connectivity index (χ1n) is 6.24. The number of rotatable bonds is 4. The number of anilines is 1. The molecule has 1 aromatic rings. The van der Waals surface area contributed by atoms with Crippen molar-refractivity contribution in [1.29, 1.82) is 0 Å². The summed E-state index contributed by atoms with van der Waals surface area (Å²) in [6.07, 6.45) is 0. The van der Waals surface area contributed by atoms with E-state index in [1.165, 1.54) is 0 Å². The van der Waals surface area contributed by atoms with Crippen LogP contribution >= 0.6 is 0 Å².